The number of rotatable bonds is 2. The molecular formula is C12H12ClNO3. The van der Waals surface area contributed by atoms with Gasteiger partial charge in [-0.05, 0) is 17.7 Å². The van der Waals surface area contributed by atoms with Crippen molar-refractivity contribution in [2.75, 3.05) is 14.2 Å². The topological polar surface area (TPSA) is 47.9 Å². The number of hydrogen-bond donors (Lipinski definition) is 0. The number of dihydropyridines is 1. The normalized spacial score (nSPS) is 22.6. The first-order valence-corrected chi connectivity index (χ1v) is 5.51. The van der Waals surface area contributed by atoms with Crippen LogP contribution in [0, 0.1) is 0 Å². The average molecular weight is 254 g/mol. The summed E-state index contributed by atoms with van der Waals surface area (Å²) in [5.41, 5.74) is 1.24. The van der Waals surface area contributed by atoms with E-state index in [4.69, 9.17) is 21.1 Å². The van der Waals surface area contributed by atoms with Gasteiger partial charge in [-0.25, -0.2) is 4.79 Å². The highest BCUT2D eigenvalue weighted by Crippen LogP contribution is 2.34. The zero-order chi connectivity index (χ0) is 12.4. The van der Waals surface area contributed by atoms with E-state index in [1.807, 2.05) is 0 Å². The molecule has 0 amide bonds. The lowest BCUT2D eigenvalue weighted by Gasteiger charge is -2.25. The molecule has 0 radical (unpaired) electrons. The molecule has 1 aliphatic carbocycles. The van der Waals surface area contributed by atoms with Gasteiger partial charge in [0.05, 0.1) is 25.8 Å². The number of methoxy groups -OCH3 is 2. The Morgan fingerprint density at radius 1 is 1.53 bits per heavy atom. The van der Waals surface area contributed by atoms with E-state index >= 15 is 0 Å². The first-order valence-electron chi connectivity index (χ1n) is 5.13. The van der Waals surface area contributed by atoms with Crippen LogP contribution in [0.2, 0.25) is 0 Å². The molecular weight excluding hydrogens is 242 g/mol. The van der Waals surface area contributed by atoms with Gasteiger partial charge in [-0.2, -0.15) is 0 Å². The summed E-state index contributed by atoms with van der Waals surface area (Å²) in [4.78, 5) is 15.9. The number of carbonyl (C=O) groups is 1. The Morgan fingerprint density at radius 3 is 2.94 bits per heavy atom. The van der Waals surface area contributed by atoms with E-state index in [0.717, 1.165) is 5.57 Å². The van der Waals surface area contributed by atoms with Crippen LogP contribution in [0.25, 0.3) is 0 Å². The maximum absolute atomic E-state index is 11.6. The third-order valence-corrected chi connectivity index (χ3v) is 3.10. The molecule has 1 unspecified atom stereocenters. The SMILES string of the molecule is COC(=O)C1=C(OC)CC2N=CC=C(Cl)C2=C1. The van der Waals surface area contributed by atoms with E-state index in [1.54, 1.807) is 18.4 Å². The molecule has 0 aromatic carbocycles. The van der Waals surface area contributed by atoms with Crippen molar-refractivity contribution >= 4 is 23.8 Å². The molecule has 0 saturated heterocycles. The maximum Gasteiger partial charge on any atom is 0.341 e. The van der Waals surface area contributed by atoms with Gasteiger partial charge in [-0.1, -0.05) is 11.6 Å². The third-order valence-electron chi connectivity index (χ3n) is 2.75. The van der Waals surface area contributed by atoms with Crippen molar-refractivity contribution < 1.29 is 14.3 Å². The van der Waals surface area contributed by atoms with E-state index in [1.165, 1.54) is 14.2 Å². The Labute approximate surface area is 104 Å². The molecule has 2 rings (SSSR count). The molecule has 0 fully saturated rings. The lowest BCUT2D eigenvalue weighted by atomic mass is 9.91. The summed E-state index contributed by atoms with van der Waals surface area (Å²) >= 11 is 6.08. The Balaban J connectivity index is 2.44. The largest absolute Gasteiger partial charge is 0.500 e. The van der Waals surface area contributed by atoms with Crippen molar-refractivity contribution in [3.8, 4) is 0 Å². The fourth-order valence-corrected chi connectivity index (χ4v) is 2.11. The molecule has 2 aliphatic rings. The minimum absolute atomic E-state index is 0.0733. The molecule has 0 N–H and O–H groups in total. The Morgan fingerprint density at radius 2 is 2.29 bits per heavy atom. The van der Waals surface area contributed by atoms with Crippen LogP contribution in [0.4, 0.5) is 0 Å². The molecule has 5 heteroatoms. The van der Waals surface area contributed by atoms with Gasteiger partial charge in [0, 0.05) is 17.7 Å². The summed E-state index contributed by atoms with van der Waals surface area (Å²) in [7, 11) is 2.87. The van der Waals surface area contributed by atoms with Crippen molar-refractivity contribution in [1.82, 2.24) is 0 Å². The molecule has 0 saturated carbocycles. The standard InChI is InChI=1S/C12H12ClNO3/c1-16-11-6-10-7(9(13)3-4-14-10)5-8(11)12(15)17-2/h3-5,10H,6H2,1-2H3. The molecule has 4 nitrogen and oxygen atoms in total. The van der Waals surface area contributed by atoms with E-state index in [-0.39, 0.29) is 6.04 Å². The molecule has 0 spiro atoms. The lowest BCUT2D eigenvalue weighted by molar-refractivity contribution is -0.136. The second-order valence-electron chi connectivity index (χ2n) is 3.66. The quantitative estimate of drug-likeness (QED) is 0.707. The van der Waals surface area contributed by atoms with E-state index in [2.05, 4.69) is 4.99 Å². The smallest absolute Gasteiger partial charge is 0.341 e. The van der Waals surface area contributed by atoms with Crippen LogP contribution < -0.4 is 0 Å². The summed E-state index contributed by atoms with van der Waals surface area (Å²) in [6, 6.07) is -0.0733. The fourth-order valence-electron chi connectivity index (χ4n) is 1.87. The molecule has 17 heavy (non-hydrogen) atoms. The highest BCUT2D eigenvalue weighted by molar-refractivity contribution is 6.33. The number of allylic oxidation sites excluding steroid dienone is 1. The number of aliphatic imine (C=N–C) groups is 1. The van der Waals surface area contributed by atoms with Gasteiger partial charge in [0.2, 0.25) is 0 Å². The summed E-state index contributed by atoms with van der Waals surface area (Å²) in [5.74, 6) is 0.154. The minimum atomic E-state index is -0.424. The van der Waals surface area contributed by atoms with E-state index in [9.17, 15) is 4.79 Å². The summed E-state index contributed by atoms with van der Waals surface area (Å²) in [6.07, 6.45) is 5.58. The molecule has 0 aromatic heterocycles. The summed E-state index contributed by atoms with van der Waals surface area (Å²) in [6.45, 7) is 0. The van der Waals surface area contributed by atoms with Crippen molar-refractivity contribution in [3.63, 3.8) is 0 Å². The molecule has 1 aliphatic heterocycles. The highest BCUT2D eigenvalue weighted by atomic mass is 35.5. The van der Waals surface area contributed by atoms with Crippen LogP contribution in [-0.4, -0.2) is 32.4 Å². The second-order valence-corrected chi connectivity index (χ2v) is 4.07. The van der Waals surface area contributed by atoms with Gasteiger partial charge in [0.25, 0.3) is 0 Å². The van der Waals surface area contributed by atoms with Gasteiger partial charge < -0.3 is 9.47 Å². The maximum atomic E-state index is 11.6. The zero-order valence-electron chi connectivity index (χ0n) is 9.57. The molecule has 0 bridgehead atoms. The number of esters is 1. The number of nitrogens with zero attached hydrogens (tertiary/aromatic N) is 1. The lowest BCUT2D eigenvalue weighted by Crippen LogP contribution is -2.21. The summed E-state index contributed by atoms with van der Waals surface area (Å²) < 4.78 is 9.92. The van der Waals surface area contributed by atoms with Gasteiger partial charge in [-0.3, -0.25) is 4.99 Å². The van der Waals surface area contributed by atoms with Crippen LogP contribution >= 0.6 is 11.6 Å². The summed E-state index contributed by atoms with van der Waals surface area (Å²) in [5, 5.41) is 0.599. The van der Waals surface area contributed by atoms with Crippen LogP contribution in [0.1, 0.15) is 6.42 Å². The van der Waals surface area contributed by atoms with Gasteiger partial charge in [0.15, 0.2) is 0 Å². The van der Waals surface area contributed by atoms with Crippen molar-refractivity contribution in [2.45, 2.75) is 12.5 Å². The van der Waals surface area contributed by atoms with Crippen molar-refractivity contribution in [2.24, 2.45) is 4.99 Å². The number of carbonyl (C=O) groups excluding carboxylic acids is 1. The number of ether oxygens (including phenoxy) is 2. The van der Waals surface area contributed by atoms with E-state index in [0.29, 0.717) is 22.8 Å². The number of hydrogen-bond acceptors (Lipinski definition) is 4. The fraction of sp³-hybridized carbons (Fsp3) is 0.333. The average Bonchev–Trinajstić information content (AvgIpc) is 2.37. The minimum Gasteiger partial charge on any atom is -0.500 e. The van der Waals surface area contributed by atoms with Gasteiger partial charge in [0.1, 0.15) is 5.76 Å². The van der Waals surface area contributed by atoms with Crippen LogP contribution in [0.3, 0.4) is 0 Å². The Hall–Kier alpha value is -1.55. The highest BCUT2D eigenvalue weighted by Gasteiger charge is 2.29. The van der Waals surface area contributed by atoms with Gasteiger partial charge >= 0.3 is 5.97 Å². The van der Waals surface area contributed by atoms with Crippen molar-refractivity contribution in [3.05, 3.63) is 34.1 Å². The van der Waals surface area contributed by atoms with Crippen LogP contribution in [0.5, 0.6) is 0 Å². The van der Waals surface area contributed by atoms with Gasteiger partial charge in [-0.15, -0.1) is 0 Å². The predicted molar refractivity (Wildman–Crippen MR) is 65.0 cm³/mol. The number of fused-ring (bicyclic) bond motifs is 1. The first-order chi connectivity index (χ1) is 8.17. The molecule has 0 aromatic rings. The monoisotopic (exact) mass is 253 g/mol. The second kappa shape index (κ2) is 4.75. The third kappa shape index (κ3) is 2.13. The van der Waals surface area contributed by atoms with E-state index < -0.39 is 5.97 Å². The first kappa shape index (κ1) is 11.9. The molecule has 1 heterocycles. The predicted octanol–water partition coefficient (Wildman–Crippen LogP) is 1.97. The van der Waals surface area contributed by atoms with Crippen molar-refractivity contribution in [1.29, 1.82) is 0 Å². The Bertz CT molecular complexity index is 474. The number of halogens is 1. The zero-order valence-corrected chi connectivity index (χ0v) is 10.3. The molecule has 90 valence electrons. The van der Waals surface area contributed by atoms with Crippen LogP contribution in [-0.2, 0) is 14.3 Å². The Kier molecular flexibility index (Phi) is 3.33. The van der Waals surface area contributed by atoms with Crippen LogP contribution in [0.15, 0.2) is 39.1 Å². The molecule has 1 atom stereocenters.